The van der Waals surface area contributed by atoms with Crippen LogP contribution in [0.1, 0.15) is 26.7 Å². The third kappa shape index (κ3) is 3.75. The Hall–Kier alpha value is -2.61. The number of fused-ring (bicyclic) bond motifs is 1. The lowest BCUT2D eigenvalue weighted by Crippen LogP contribution is -2.50. The maximum absolute atomic E-state index is 13.3. The number of halogens is 1. The van der Waals surface area contributed by atoms with Crippen LogP contribution >= 0.6 is 0 Å². The number of hydrogen-bond acceptors (Lipinski definition) is 5. The Kier molecular flexibility index (Phi) is 5.10. The molecule has 1 aliphatic heterocycles. The van der Waals surface area contributed by atoms with E-state index in [4.69, 9.17) is 10.5 Å². The molecular formula is C19H21FN2O4S. The number of Topliss-reactive ketones (excluding diaryl/α,β-unsaturated/α-hetero) is 1. The summed E-state index contributed by atoms with van der Waals surface area (Å²) in [6.45, 7) is 3.20. The lowest BCUT2D eigenvalue weighted by Gasteiger charge is -2.41. The molecule has 1 aliphatic rings. The summed E-state index contributed by atoms with van der Waals surface area (Å²) in [6, 6.07) is 8.86. The Morgan fingerprint density at radius 1 is 1.22 bits per heavy atom. The fourth-order valence-corrected chi connectivity index (χ4v) is 4.83. The SMILES string of the molecule is CC(=O)CC[C@H]1Oc2ccc(N)cc2N(S(=O)(=O)c2ccc(F)cc2)[C@H]1C. The second kappa shape index (κ2) is 7.19. The van der Waals surface area contributed by atoms with E-state index >= 15 is 0 Å². The first-order chi connectivity index (χ1) is 12.7. The number of ketones is 1. The van der Waals surface area contributed by atoms with Crippen molar-refractivity contribution < 1.29 is 22.3 Å². The normalized spacial score (nSPS) is 19.3. The van der Waals surface area contributed by atoms with Crippen LogP contribution < -0.4 is 14.8 Å². The minimum Gasteiger partial charge on any atom is -0.486 e. The Balaban J connectivity index is 2.09. The molecule has 8 heteroatoms. The first-order valence-corrected chi connectivity index (χ1v) is 10.00. The van der Waals surface area contributed by atoms with Gasteiger partial charge in [0.25, 0.3) is 10.0 Å². The summed E-state index contributed by atoms with van der Waals surface area (Å²) in [5.41, 5.74) is 6.57. The summed E-state index contributed by atoms with van der Waals surface area (Å²) < 4.78 is 47.1. The van der Waals surface area contributed by atoms with Gasteiger partial charge in [0.2, 0.25) is 0 Å². The van der Waals surface area contributed by atoms with Gasteiger partial charge in [0.15, 0.2) is 0 Å². The molecule has 144 valence electrons. The summed E-state index contributed by atoms with van der Waals surface area (Å²) in [7, 11) is -3.98. The number of anilines is 2. The van der Waals surface area contributed by atoms with Crippen LogP contribution in [0.2, 0.25) is 0 Å². The molecule has 0 radical (unpaired) electrons. The summed E-state index contributed by atoms with van der Waals surface area (Å²) in [4.78, 5) is 11.3. The van der Waals surface area contributed by atoms with Gasteiger partial charge >= 0.3 is 0 Å². The number of carbonyl (C=O) groups excluding carboxylic acids is 1. The van der Waals surface area contributed by atoms with Crippen molar-refractivity contribution in [3.63, 3.8) is 0 Å². The molecule has 6 nitrogen and oxygen atoms in total. The Labute approximate surface area is 157 Å². The fraction of sp³-hybridized carbons (Fsp3) is 0.316. The van der Waals surface area contributed by atoms with Gasteiger partial charge in [-0.05, 0) is 62.7 Å². The molecule has 2 aromatic rings. The topological polar surface area (TPSA) is 89.7 Å². The number of nitrogens with zero attached hydrogens (tertiary/aromatic N) is 1. The van der Waals surface area contributed by atoms with Crippen molar-refractivity contribution in [1.82, 2.24) is 0 Å². The molecular weight excluding hydrogens is 371 g/mol. The number of sulfonamides is 1. The minimum absolute atomic E-state index is 0.00171. The molecule has 1 heterocycles. The van der Waals surface area contributed by atoms with E-state index in [2.05, 4.69) is 0 Å². The van der Waals surface area contributed by atoms with Gasteiger partial charge in [0, 0.05) is 12.1 Å². The third-order valence-electron chi connectivity index (χ3n) is 4.56. The molecule has 2 aromatic carbocycles. The molecule has 3 rings (SSSR count). The van der Waals surface area contributed by atoms with Crippen LogP contribution in [0.15, 0.2) is 47.4 Å². The number of carbonyl (C=O) groups is 1. The molecule has 0 unspecified atom stereocenters. The van der Waals surface area contributed by atoms with Crippen molar-refractivity contribution in [1.29, 1.82) is 0 Å². The van der Waals surface area contributed by atoms with E-state index in [1.807, 2.05) is 0 Å². The summed E-state index contributed by atoms with van der Waals surface area (Å²) in [6.07, 6.45) is 0.166. The first kappa shape index (κ1) is 19.2. The predicted octanol–water partition coefficient (Wildman–Crippen LogP) is 3.12. The highest BCUT2D eigenvalue weighted by Crippen LogP contribution is 2.41. The van der Waals surface area contributed by atoms with E-state index in [0.717, 1.165) is 12.1 Å². The van der Waals surface area contributed by atoms with Crippen molar-refractivity contribution in [3.05, 3.63) is 48.3 Å². The second-order valence-corrected chi connectivity index (χ2v) is 8.43. The van der Waals surface area contributed by atoms with Crippen molar-refractivity contribution in [2.24, 2.45) is 0 Å². The maximum atomic E-state index is 13.3. The Morgan fingerprint density at radius 3 is 2.52 bits per heavy atom. The summed E-state index contributed by atoms with van der Waals surface area (Å²) in [5, 5.41) is 0. The Bertz CT molecular complexity index is 960. The highest BCUT2D eigenvalue weighted by molar-refractivity contribution is 7.92. The maximum Gasteiger partial charge on any atom is 0.264 e. The zero-order valence-electron chi connectivity index (χ0n) is 15.1. The van der Waals surface area contributed by atoms with Gasteiger partial charge in [-0.15, -0.1) is 0 Å². The smallest absolute Gasteiger partial charge is 0.264 e. The first-order valence-electron chi connectivity index (χ1n) is 8.56. The highest BCUT2D eigenvalue weighted by atomic mass is 32.2. The number of hydrogen-bond donors (Lipinski definition) is 1. The van der Waals surface area contributed by atoms with Gasteiger partial charge in [-0.1, -0.05) is 0 Å². The van der Waals surface area contributed by atoms with E-state index in [1.54, 1.807) is 19.1 Å². The highest BCUT2D eigenvalue weighted by Gasteiger charge is 2.40. The largest absolute Gasteiger partial charge is 0.486 e. The van der Waals surface area contributed by atoms with Crippen molar-refractivity contribution in [2.45, 2.75) is 43.7 Å². The molecule has 0 amide bonds. The minimum atomic E-state index is -3.98. The molecule has 0 spiro atoms. The third-order valence-corrected chi connectivity index (χ3v) is 6.47. The average Bonchev–Trinajstić information content (AvgIpc) is 2.60. The molecule has 2 atom stereocenters. The molecule has 0 bridgehead atoms. The van der Waals surface area contributed by atoms with Crippen molar-refractivity contribution in [2.75, 3.05) is 10.0 Å². The van der Waals surface area contributed by atoms with Crippen LogP contribution in [0.25, 0.3) is 0 Å². The number of nitrogens with two attached hydrogens (primary N) is 1. The summed E-state index contributed by atoms with van der Waals surface area (Å²) >= 11 is 0. The van der Waals surface area contributed by atoms with Gasteiger partial charge in [-0.3, -0.25) is 4.31 Å². The van der Waals surface area contributed by atoms with Crippen LogP contribution in [0, 0.1) is 5.82 Å². The molecule has 0 saturated carbocycles. The van der Waals surface area contributed by atoms with Crippen molar-refractivity contribution in [3.8, 4) is 5.75 Å². The zero-order chi connectivity index (χ0) is 19.8. The van der Waals surface area contributed by atoms with Crippen LogP contribution in [-0.4, -0.2) is 26.3 Å². The standard InChI is InChI=1S/C19H21FN2O4S/c1-12(23)3-9-18-13(2)22(17-11-15(21)6-10-19(17)26-18)27(24,25)16-7-4-14(20)5-8-16/h4-8,10-11,13,18H,3,9,21H2,1-2H3/t13-,18+/m0/s1. The molecule has 0 saturated heterocycles. The van der Waals surface area contributed by atoms with Crippen LogP contribution in [0.5, 0.6) is 5.75 Å². The number of nitrogen functional groups attached to an aromatic ring is 1. The molecule has 0 fully saturated rings. The fourth-order valence-electron chi connectivity index (χ4n) is 3.15. The van der Waals surface area contributed by atoms with Gasteiger partial charge in [0.05, 0.1) is 16.6 Å². The number of rotatable bonds is 5. The number of ether oxygens (including phenoxy) is 1. The Morgan fingerprint density at radius 2 is 1.89 bits per heavy atom. The van der Waals surface area contributed by atoms with E-state index < -0.39 is 28.0 Å². The van der Waals surface area contributed by atoms with Gasteiger partial charge in [0.1, 0.15) is 23.5 Å². The van der Waals surface area contributed by atoms with E-state index in [9.17, 15) is 17.6 Å². The second-order valence-electron chi connectivity index (χ2n) is 6.62. The van der Waals surface area contributed by atoms with Crippen LogP contribution in [0.4, 0.5) is 15.8 Å². The van der Waals surface area contributed by atoms with Gasteiger partial charge in [-0.2, -0.15) is 0 Å². The quantitative estimate of drug-likeness (QED) is 0.790. The van der Waals surface area contributed by atoms with E-state index in [0.29, 0.717) is 23.5 Å². The lowest BCUT2D eigenvalue weighted by atomic mass is 10.0. The molecule has 2 N–H and O–H groups in total. The van der Waals surface area contributed by atoms with Gasteiger partial charge < -0.3 is 15.3 Å². The molecule has 0 aromatic heterocycles. The average molecular weight is 392 g/mol. The van der Waals surface area contributed by atoms with Crippen molar-refractivity contribution >= 4 is 27.2 Å². The molecule has 0 aliphatic carbocycles. The van der Waals surface area contributed by atoms with E-state index in [1.165, 1.54) is 29.4 Å². The summed E-state index contributed by atoms with van der Waals surface area (Å²) in [5.74, 6) is -0.142. The molecule has 27 heavy (non-hydrogen) atoms. The number of benzene rings is 2. The zero-order valence-corrected chi connectivity index (χ0v) is 15.9. The van der Waals surface area contributed by atoms with E-state index in [-0.39, 0.29) is 17.1 Å². The van der Waals surface area contributed by atoms with Gasteiger partial charge in [-0.25, -0.2) is 12.8 Å². The van der Waals surface area contributed by atoms with Crippen LogP contribution in [-0.2, 0) is 14.8 Å². The monoisotopic (exact) mass is 392 g/mol. The predicted molar refractivity (Wildman–Crippen MR) is 101 cm³/mol. The lowest BCUT2D eigenvalue weighted by molar-refractivity contribution is -0.117. The van der Waals surface area contributed by atoms with Crippen LogP contribution in [0.3, 0.4) is 0 Å².